The molecule has 1 amide bonds. The number of amides is 1. The van der Waals surface area contributed by atoms with Gasteiger partial charge in [-0.3, -0.25) is 4.68 Å². The van der Waals surface area contributed by atoms with Crippen LogP contribution in [-0.2, 0) is 11.8 Å². The average Bonchev–Trinajstić information content (AvgIpc) is 3.35. The Hall–Kier alpha value is -3.10. The second kappa shape index (κ2) is 8.20. The van der Waals surface area contributed by atoms with Crippen molar-refractivity contribution < 1.29 is 14.3 Å². The summed E-state index contributed by atoms with van der Waals surface area (Å²) in [5.41, 5.74) is 1.95. The second-order valence-electron chi connectivity index (χ2n) is 9.15. The molecule has 0 N–H and O–H groups in total. The molecule has 0 aliphatic heterocycles. The summed E-state index contributed by atoms with van der Waals surface area (Å²) < 4.78 is 15.4. The first-order valence-electron chi connectivity index (χ1n) is 10.7. The van der Waals surface area contributed by atoms with Crippen LogP contribution < -0.4 is 4.74 Å². The fourth-order valence-electron chi connectivity index (χ4n) is 3.90. The summed E-state index contributed by atoms with van der Waals surface area (Å²) in [6.07, 6.45) is 10.5. The zero-order valence-electron chi connectivity index (χ0n) is 18.8. The predicted molar refractivity (Wildman–Crippen MR) is 116 cm³/mol. The van der Waals surface area contributed by atoms with Crippen LogP contribution in [-0.4, -0.2) is 60.2 Å². The van der Waals surface area contributed by atoms with Gasteiger partial charge in [-0.25, -0.2) is 14.3 Å². The summed E-state index contributed by atoms with van der Waals surface area (Å²) in [7, 11) is 3.67. The topological polar surface area (TPSA) is 86.8 Å². The molecule has 0 spiro atoms. The Balaban J connectivity index is 1.52. The monoisotopic (exact) mass is 426 g/mol. The summed E-state index contributed by atoms with van der Waals surface area (Å²) in [5, 5.41) is 8.60. The molecule has 166 valence electrons. The van der Waals surface area contributed by atoms with Gasteiger partial charge in [-0.2, -0.15) is 10.2 Å². The molecule has 2 atom stereocenters. The highest BCUT2D eigenvalue weighted by atomic mass is 16.6. The minimum atomic E-state index is -0.514. The molecule has 0 bridgehead atoms. The molecule has 0 saturated heterocycles. The van der Waals surface area contributed by atoms with Crippen molar-refractivity contribution in [2.75, 3.05) is 7.05 Å². The zero-order chi connectivity index (χ0) is 22.2. The van der Waals surface area contributed by atoms with Crippen LogP contribution in [0.3, 0.4) is 0 Å². The quantitative estimate of drug-likeness (QED) is 0.632. The molecule has 3 heterocycles. The van der Waals surface area contributed by atoms with E-state index in [1.165, 1.54) is 0 Å². The molecule has 3 aromatic heterocycles. The number of aryl methyl sites for hydroxylation is 1. The van der Waals surface area contributed by atoms with E-state index in [1.807, 2.05) is 46.3 Å². The normalized spacial score (nSPS) is 19.4. The Morgan fingerprint density at radius 1 is 1.23 bits per heavy atom. The first-order chi connectivity index (χ1) is 14.7. The minimum absolute atomic E-state index is 0.0426. The molecule has 1 aliphatic carbocycles. The molecule has 1 saturated carbocycles. The van der Waals surface area contributed by atoms with Gasteiger partial charge < -0.3 is 14.4 Å². The number of rotatable bonds is 4. The van der Waals surface area contributed by atoms with E-state index in [0.29, 0.717) is 5.88 Å². The summed E-state index contributed by atoms with van der Waals surface area (Å²) >= 11 is 0. The summed E-state index contributed by atoms with van der Waals surface area (Å²) in [6.45, 7) is 5.63. The lowest BCUT2D eigenvalue weighted by Gasteiger charge is -2.36. The van der Waals surface area contributed by atoms with E-state index in [1.54, 1.807) is 33.5 Å². The smallest absolute Gasteiger partial charge is 0.410 e. The van der Waals surface area contributed by atoms with Gasteiger partial charge in [0.1, 0.15) is 17.2 Å². The number of fused-ring (bicyclic) bond motifs is 1. The number of ether oxygens (including phenoxy) is 2. The Labute approximate surface area is 182 Å². The second-order valence-corrected chi connectivity index (χ2v) is 9.15. The Kier molecular flexibility index (Phi) is 5.60. The van der Waals surface area contributed by atoms with Gasteiger partial charge in [0.15, 0.2) is 0 Å². The number of hydrogen-bond acceptors (Lipinski definition) is 6. The third-order valence-electron chi connectivity index (χ3n) is 5.46. The summed E-state index contributed by atoms with van der Waals surface area (Å²) in [4.78, 5) is 19.0. The van der Waals surface area contributed by atoms with Crippen molar-refractivity contribution in [1.82, 2.24) is 29.3 Å². The van der Waals surface area contributed by atoms with E-state index in [9.17, 15) is 4.79 Å². The maximum Gasteiger partial charge on any atom is 0.410 e. The van der Waals surface area contributed by atoms with Gasteiger partial charge >= 0.3 is 6.09 Å². The first kappa shape index (κ1) is 21.1. The van der Waals surface area contributed by atoms with Crippen molar-refractivity contribution in [3.8, 4) is 17.1 Å². The fraction of sp³-hybridized carbons (Fsp3) is 0.545. The van der Waals surface area contributed by atoms with Crippen LogP contribution in [0.1, 0.15) is 46.5 Å². The Bertz CT molecular complexity index is 1070. The lowest BCUT2D eigenvalue weighted by molar-refractivity contribution is 0.0115. The molecule has 0 radical (unpaired) electrons. The van der Waals surface area contributed by atoms with E-state index in [0.717, 1.165) is 42.5 Å². The average molecular weight is 427 g/mol. The summed E-state index contributed by atoms with van der Waals surface area (Å²) in [5.74, 6) is 0.546. The summed E-state index contributed by atoms with van der Waals surface area (Å²) in [6, 6.07) is 1.96. The van der Waals surface area contributed by atoms with E-state index < -0.39 is 5.60 Å². The predicted octanol–water partition coefficient (Wildman–Crippen LogP) is 3.69. The van der Waals surface area contributed by atoms with Crippen LogP contribution in [0, 0.1) is 0 Å². The van der Waals surface area contributed by atoms with Gasteiger partial charge in [0.2, 0.25) is 5.88 Å². The first-order valence-corrected chi connectivity index (χ1v) is 10.7. The lowest BCUT2D eigenvalue weighted by Crippen LogP contribution is -2.44. The van der Waals surface area contributed by atoms with Crippen LogP contribution in [0.5, 0.6) is 5.88 Å². The van der Waals surface area contributed by atoms with Gasteiger partial charge in [-0.1, -0.05) is 0 Å². The molecule has 31 heavy (non-hydrogen) atoms. The molecule has 0 unspecified atom stereocenters. The van der Waals surface area contributed by atoms with Crippen molar-refractivity contribution in [3.05, 3.63) is 30.9 Å². The molecule has 1 fully saturated rings. The van der Waals surface area contributed by atoms with Crippen molar-refractivity contribution in [1.29, 1.82) is 0 Å². The minimum Gasteiger partial charge on any atom is -0.473 e. The number of nitrogens with zero attached hydrogens (tertiary/aromatic N) is 6. The lowest BCUT2D eigenvalue weighted by atomic mass is 9.92. The Morgan fingerprint density at radius 3 is 2.74 bits per heavy atom. The SMILES string of the molecule is CN(C(=O)OC(C)(C)C)[C@H]1CCC[C@@H](Oc2nc(-c3cnn(C)c3)cn3nccc23)C1. The van der Waals surface area contributed by atoms with Gasteiger partial charge in [0.05, 0.1) is 24.3 Å². The van der Waals surface area contributed by atoms with Crippen LogP contribution in [0.25, 0.3) is 16.8 Å². The van der Waals surface area contributed by atoms with Crippen molar-refractivity contribution in [2.45, 2.75) is 64.2 Å². The molecule has 3 aromatic rings. The molecule has 4 rings (SSSR count). The largest absolute Gasteiger partial charge is 0.473 e. The van der Waals surface area contributed by atoms with Gasteiger partial charge in [-0.15, -0.1) is 0 Å². The van der Waals surface area contributed by atoms with Gasteiger partial charge in [0, 0.05) is 38.3 Å². The molecular formula is C22H30N6O3. The van der Waals surface area contributed by atoms with E-state index in [2.05, 4.69) is 10.2 Å². The van der Waals surface area contributed by atoms with Gasteiger partial charge in [-0.05, 0) is 46.1 Å². The number of carbonyl (C=O) groups excluding carboxylic acids is 1. The maximum atomic E-state index is 12.5. The van der Waals surface area contributed by atoms with E-state index in [-0.39, 0.29) is 18.2 Å². The number of carbonyl (C=O) groups is 1. The van der Waals surface area contributed by atoms with Crippen LogP contribution in [0.15, 0.2) is 30.9 Å². The number of aromatic nitrogens is 5. The van der Waals surface area contributed by atoms with Crippen LogP contribution in [0.2, 0.25) is 0 Å². The van der Waals surface area contributed by atoms with Crippen molar-refractivity contribution in [2.24, 2.45) is 7.05 Å². The zero-order valence-corrected chi connectivity index (χ0v) is 18.8. The van der Waals surface area contributed by atoms with Crippen LogP contribution >= 0.6 is 0 Å². The molecule has 9 nitrogen and oxygen atoms in total. The highest BCUT2D eigenvalue weighted by Gasteiger charge is 2.31. The molecule has 1 aliphatic rings. The van der Waals surface area contributed by atoms with Crippen molar-refractivity contribution >= 4 is 11.6 Å². The third-order valence-corrected chi connectivity index (χ3v) is 5.46. The molecule has 0 aromatic carbocycles. The fourth-order valence-corrected chi connectivity index (χ4v) is 3.90. The maximum absolute atomic E-state index is 12.5. The van der Waals surface area contributed by atoms with E-state index >= 15 is 0 Å². The van der Waals surface area contributed by atoms with Crippen LogP contribution in [0.4, 0.5) is 4.79 Å². The van der Waals surface area contributed by atoms with Gasteiger partial charge in [0.25, 0.3) is 0 Å². The Morgan fingerprint density at radius 2 is 2.03 bits per heavy atom. The van der Waals surface area contributed by atoms with E-state index in [4.69, 9.17) is 14.5 Å². The molecular weight excluding hydrogens is 396 g/mol. The highest BCUT2D eigenvalue weighted by molar-refractivity contribution is 5.68. The molecule has 9 heteroatoms. The number of hydrogen-bond donors (Lipinski definition) is 0. The third kappa shape index (κ3) is 4.81. The van der Waals surface area contributed by atoms with Crippen molar-refractivity contribution in [3.63, 3.8) is 0 Å². The highest BCUT2D eigenvalue weighted by Crippen LogP contribution is 2.30. The standard InChI is InChI=1S/C22H30N6O3/c1-22(2,3)31-21(29)27(5)16-7-6-8-17(11-16)30-20-19-9-10-23-28(19)14-18(25-20)15-12-24-26(4)13-15/h9-10,12-14,16-17H,6-8,11H2,1-5H3/t16-,17+/m0/s1.